The highest BCUT2D eigenvalue weighted by Gasteiger charge is 1.97. The van der Waals surface area contributed by atoms with E-state index in [0.717, 1.165) is 5.56 Å². The summed E-state index contributed by atoms with van der Waals surface area (Å²) >= 11 is 0. The van der Waals surface area contributed by atoms with Crippen LogP contribution in [-0.4, -0.2) is 19.6 Å². The standard InChI is InChI=1S/C10H14N2O2/c1-13-6-8-3-2-4-9(5-8)14-7-10(11)12/h2-5H,6-7H2,1H3,(H3,11,12). The van der Waals surface area contributed by atoms with Crippen LogP contribution >= 0.6 is 0 Å². The molecule has 0 aliphatic heterocycles. The lowest BCUT2D eigenvalue weighted by molar-refractivity contribution is 0.184. The van der Waals surface area contributed by atoms with Crippen LogP contribution in [0, 0.1) is 5.41 Å². The van der Waals surface area contributed by atoms with Crippen LogP contribution in [0.5, 0.6) is 5.75 Å². The maximum atomic E-state index is 7.01. The van der Waals surface area contributed by atoms with Crippen molar-refractivity contribution >= 4 is 5.84 Å². The van der Waals surface area contributed by atoms with E-state index in [4.69, 9.17) is 20.6 Å². The van der Waals surface area contributed by atoms with Crippen LogP contribution in [0.2, 0.25) is 0 Å². The van der Waals surface area contributed by atoms with Gasteiger partial charge in [0.15, 0.2) is 0 Å². The fourth-order valence-electron chi connectivity index (χ4n) is 1.05. The molecule has 0 saturated carbocycles. The van der Waals surface area contributed by atoms with E-state index in [9.17, 15) is 0 Å². The number of nitrogens with two attached hydrogens (primary N) is 1. The molecule has 4 heteroatoms. The summed E-state index contributed by atoms with van der Waals surface area (Å²) in [5.41, 5.74) is 6.21. The van der Waals surface area contributed by atoms with Crippen LogP contribution in [0.1, 0.15) is 5.56 Å². The molecule has 1 rings (SSSR count). The maximum Gasteiger partial charge on any atom is 0.145 e. The van der Waals surface area contributed by atoms with E-state index in [1.807, 2.05) is 24.3 Å². The molecule has 4 nitrogen and oxygen atoms in total. The normalized spacial score (nSPS) is 9.79. The zero-order valence-electron chi connectivity index (χ0n) is 8.12. The lowest BCUT2D eigenvalue weighted by Gasteiger charge is -2.06. The first-order chi connectivity index (χ1) is 6.72. The summed E-state index contributed by atoms with van der Waals surface area (Å²) in [4.78, 5) is 0. The van der Waals surface area contributed by atoms with Crippen molar-refractivity contribution in [3.8, 4) is 5.75 Å². The molecule has 0 aliphatic carbocycles. The molecule has 1 aromatic rings. The minimum absolute atomic E-state index is 0.0159. The second-order valence-corrected chi connectivity index (χ2v) is 2.89. The van der Waals surface area contributed by atoms with Crippen LogP contribution in [0.4, 0.5) is 0 Å². The number of nitrogens with one attached hydrogen (secondary N) is 1. The molecule has 14 heavy (non-hydrogen) atoms. The summed E-state index contributed by atoms with van der Waals surface area (Å²) < 4.78 is 10.2. The highest BCUT2D eigenvalue weighted by Crippen LogP contribution is 2.13. The second-order valence-electron chi connectivity index (χ2n) is 2.89. The third-order valence-electron chi connectivity index (χ3n) is 1.60. The minimum atomic E-state index is 0.0159. The SMILES string of the molecule is COCc1cccc(OCC(=N)N)c1. The molecule has 0 aliphatic rings. The molecule has 0 spiro atoms. The van der Waals surface area contributed by atoms with Gasteiger partial charge in [0.1, 0.15) is 18.2 Å². The zero-order valence-corrected chi connectivity index (χ0v) is 8.12. The van der Waals surface area contributed by atoms with Crippen LogP contribution in [-0.2, 0) is 11.3 Å². The van der Waals surface area contributed by atoms with E-state index < -0.39 is 0 Å². The Hall–Kier alpha value is -1.55. The van der Waals surface area contributed by atoms with E-state index in [1.165, 1.54) is 0 Å². The summed E-state index contributed by atoms with van der Waals surface area (Å²) in [6, 6.07) is 7.52. The van der Waals surface area contributed by atoms with Gasteiger partial charge in [0.25, 0.3) is 0 Å². The molecular formula is C10H14N2O2. The summed E-state index contributed by atoms with van der Waals surface area (Å²) in [6.45, 7) is 0.674. The number of rotatable bonds is 5. The molecule has 0 atom stereocenters. The van der Waals surface area contributed by atoms with Crippen molar-refractivity contribution in [3.63, 3.8) is 0 Å². The zero-order chi connectivity index (χ0) is 10.4. The maximum absolute atomic E-state index is 7.01. The van der Waals surface area contributed by atoms with Crippen molar-refractivity contribution in [2.24, 2.45) is 5.73 Å². The number of methoxy groups -OCH3 is 1. The Balaban J connectivity index is 2.58. The largest absolute Gasteiger partial charge is 0.486 e. The van der Waals surface area contributed by atoms with E-state index in [0.29, 0.717) is 12.4 Å². The van der Waals surface area contributed by atoms with Crippen molar-refractivity contribution in [1.82, 2.24) is 0 Å². The molecule has 1 aromatic carbocycles. The van der Waals surface area contributed by atoms with Crippen LogP contribution < -0.4 is 10.5 Å². The Morgan fingerprint density at radius 3 is 2.93 bits per heavy atom. The molecule has 0 amide bonds. The summed E-state index contributed by atoms with van der Waals surface area (Å²) in [5.74, 6) is 0.719. The van der Waals surface area contributed by atoms with Gasteiger partial charge in [-0.15, -0.1) is 0 Å². The van der Waals surface area contributed by atoms with Crippen LogP contribution in [0.15, 0.2) is 24.3 Å². The fraction of sp³-hybridized carbons (Fsp3) is 0.300. The Kier molecular flexibility index (Phi) is 3.94. The Bertz CT molecular complexity index is 313. The van der Waals surface area contributed by atoms with Gasteiger partial charge in [-0.05, 0) is 17.7 Å². The predicted octanol–water partition coefficient (Wildman–Crippen LogP) is 1.15. The lowest BCUT2D eigenvalue weighted by atomic mass is 10.2. The summed E-state index contributed by atoms with van der Waals surface area (Å²) in [5, 5.41) is 7.01. The number of ether oxygens (including phenoxy) is 2. The van der Waals surface area contributed by atoms with Gasteiger partial charge in [0, 0.05) is 7.11 Å². The van der Waals surface area contributed by atoms with Crippen LogP contribution in [0.3, 0.4) is 0 Å². The molecular weight excluding hydrogens is 180 g/mol. The van der Waals surface area contributed by atoms with Crippen molar-refractivity contribution in [2.75, 3.05) is 13.7 Å². The topological polar surface area (TPSA) is 68.3 Å². The summed E-state index contributed by atoms with van der Waals surface area (Å²) in [6.07, 6.45) is 0. The van der Waals surface area contributed by atoms with Gasteiger partial charge in [-0.2, -0.15) is 0 Å². The number of amidine groups is 1. The molecule has 3 N–H and O–H groups in total. The highest BCUT2D eigenvalue weighted by molar-refractivity contribution is 5.78. The predicted molar refractivity (Wildman–Crippen MR) is 54.6 cm³/mol. The molecule has 0 unspecified atom stereocenters. The third kappa shape index (κ3) is 3.45. The molecule has 0 bridgehead atoms. The number of benzene rings is 1. The average Bonchev–Trinajstić information content (AvgIpc) is 2.16. The highest BCUT2D eigenvalue weighted by atomic mass is 16.5. The average molecular weight is 194 g/mol. The van der Waals surface area contributed by atoms with E-state index in [1.54, 1.807) is 7.11 Å². The van der Waals surface area contributed by atoms with Gasteiger partial charge in [0.05, 0.1) is 6.61 Å². The molecule has 76 valence electrons. The van der Waals surface area contributed by atoms with Crippen molar-refractivity contribution in [1.29, 1.82) is 5.41 Å². The fourth-order valence-corrected chi connectivity index (χ4v) is 1.05. The third-order valence-corrected chi connectivity index (χ3v) is 1.60. The quantitative estimate of drug-likeness (QED) is 0.545. The molecule has 0 radical (unpaired) electrons. The van der Waals surface area contributed by atoms with Gasteiger partial charge in [-0.3, -0.25) is 5.41 Å². The number of hydrogen-bond acceptors (Lipinski definition) is 3. The summed E-state index contributed by atoms with van der Waals surface area (Å²) in [7, 11) is 1.64. The van der Waals surface area contributed by atoms with Crippen molar-refractivity contribution in [3.05, 3.63) is 29.8 Å². The van der Waals surface area contributed by atoms with Crippen molar-refractivity contribution < 1.29 is 9.47 Å². The second kappa shape index (κ2) is 5.24. The van der Waals surface area contributed by atoms with Gasteiger partial charge in [0.2, 0.25) is 0 Å². The smallest absolute Gasteiger partial charge is 0.145 e. The lowest BCUT2D eigenvalue weighted by Crippen LogP contribution is -2.19. The van der Waals surface area contributed by atoms with Gasteiger partial charge < -0.3 is 15.2 Å². The molecule has 0 heterocycles. The number of hydrogen-bond donors (Lipinski definition) is 2. The van der Waals surface area contributed by atoms with E-state index in [2.05, 4.69) is 0 Å². The van der Waals surface area contributed by atoms with Gasteiger partial charge >= 0.3 is 0 Å². The first-order valence-electron chi connectivity index (χ1n) is 4.26. The van der Waals surface area contributed by atoms with Gasteiger partial charge in [-0.1, -0.05) is 12.1 Å². The minimum Gasteiger partial charge on any atom is -0.486 e. The Labute approximate surface area is 83.1 Å². The molecule has 0 fully saturated rings. The first kappa shape index (κ1) is 10.5. The Morgan fingerprint density at radius 2 is 2.29 bits per heavy atom. The Morgan fingerprint density at radius 1 is 1.50 bits per heavy atom. The monoisotopic (exact) mass is 194 g/mol. The molecule has 0 saturated heterocycles. The van der Waals surface area contributed by atoms with Gasteiger partial charge in [-0.25, -0.2) is 0 Å². The molecule has 0 aromatic heterocycles. The van der Waals surface area contributed by atoms with E-state index >= 15 is 0 Å². The first-order valence-corrected chi connectivity index (χ1v) is 4.26. The van der Waals surface area contributed by atoms with E-state index in [-0.39, 0.29) is 12.4 Å². The van der Waals surface area contributed by atoms with Crippen LogP contribution in [0.25, 0.3) is 0 Å². The van der Waals surface area contributed by atoms with Crippen molar-refractivity contribution in [2.45, 2.75) is 6.61 Å².